The molecule has 1 heterocycles. The zero-order chi connectivity index (χ0) is 16.7. The van der Waals surface area contributed by atoms with Crippen molar-refractivity contribution in [2.45, 2.75) is 45.1 Å². The average molecular weight is 314 g/mol. The molecule has 0 saturated heterocycles. The lowest BCUT2D eigenvalue weighted by molar-refractivity contribution is -0.139. The standard InChI is InChI=1S/C18H22N2O3/c1-2-3-4-5-10-16(18(22)23)20-17(21)14-11-12-19-15-9-7-6-8-13(14)15/h6-9,11-12,16H,2-5,10H2,1H3,(H,20,21)(H,22,23)/t16-/m1/s1. The second-order valence-corrected chi connectivity index (χ2v) is 5.59. The van der Waals surface area contributed by atoms with Crippen LogP contribution in [0.15, 0.2) is 36.5 Å². The minimum atomic E-state index is -0.992. The molecule has 2 N–H and O–H groups in total. The number of amides is 1. The summed E-state index contributed by atoms with van der Waals surface area (Å²) in [5, 5.41) is 12.7. The number of aliphatic carboxylic acids is 1. The highest BCUT2D eigenvalue weighted by Gasteiger charge is 2.21. The van der Waals surface area contributed by atoms with Gasteiger partial charge in [0.2, 0.25) is 0 Å². The van der Waals surface area contributed by atoms with Crippen LogP contribution >= 0.6 is 0 Å². The van der Waals surface area contributed by atoms with Gasteiger partial charge < -0.3 is 10.4 Å². The first-order chi connectivity index (χ1) is 11.1. The van der Waals surface area contributed by atoms with Gasteiger partial charge in [0.15, 0.2) is 0 Å². The third-order valence-corrected chi connectivity index (χ3v) is 3.84. The maximum absolute atomic E-state index is 12.5. The number of para-hydroxylation sites is 1. The number of fused-ring (bicyclic) bond motifs is 1. The molecule has 5 nitrogen and oxygen atoms in total. The minimum absolute atomic E-state index is 0.369. The van der Waals surface area contributed by atoms with Gasteiger partial charge in [0.1, 0.15) is 6.04 Å². The molecule has 0 aliphatic carbocycles. The van der Waals surface area contributed by atoms with Gasteiger partial charge in [0.05, 0.1) is 11.1 Å². The summed E-state index contributed by atoms with van der Waals surface area (Å²) in [6, 6.07) is 8.09. The van der Waals surface area contributed by atoms with E-state index in [1.54, 1.807) is 12.3 Å². The molecule has 0 unspecified atom stereocenters. The van der Waals surface area contributed by atoms with Gasteiger partial charge in [-0.1, -0.05) is 50.8 Å². The maximum atomic E-state index is 12.5. The topological polar surface area (TPSA) is 79.3 Å². The van der Waals surface area contributed by atoms with E-state index in [4.69, 9.17) is 0 Å². The SMILES string of the molecule is CCCCCC[C@@H](NC(=O)c1ccnc2ccccc12)C(=O)O. The number of benzene rings is 1. The molecule has 0 saturated carbocycles. The first kappa shape index (κ1) is 16.9. The van der Waals surface area contributed by atoms with Crippen LogP contribution in [-0.2, 0) is 4.79 Å². The Labute approximate surface area is 135 Å². The number of unbranched alkanes of at least 4 members (excludes halogenated alkanes) is 3. The highest BCUT2D eigenvalue weighted by molar-refractivity contribution is 6.06. The average Bonchev–Trinajstić information content (AvgIpc) is 2.56. The van der Waals surface area contributed by atoms with Gasteiger partial charge in [0, 0.05) is 11.6 Å². The zero-order valence-electron chi connectivity index (χ0n) is 13.3. The van der Waals surface area contributed by atoms with Crippen molar-refractivity contribution in [1.82, 2.24) is 10.3 Å². The molecular formula is C18H22N2O3. The van der Waals surface area contributed by atoms with Gasteiger partial charge in [0.25, 0.3) is 5.91 Å². The van der Waals surface area contributed by atoms with Crippen LogP contribution in [0, 0.1) is 0 Å². The Kier molecular flexibility index (Phi) is 6.09. The van der Waals surface area contributed by atoms with E-state index >= 15 is 0 Å². The largest absolute Gasteiger partial charge is 0.480 e. The van der Waals surface area contributed by atoms with Crippen LogP contribution in [-0.4, -0.2) is 28.0 Å². The predicted octanol–water partition coefficient (Wildman–Crippen LogP) is 3.39. The number of carboxylic acid groups (broad SMARTS) is 1. The van der Waals surface area contributed by atoms with Crippen LogP contribution in [0.25, 0.3) is 10.9 Å². The highest BCUT2D eigenvalue weighted by atomic mass is 16.4. The summed E-state index contributed by atoms with van der Waals surface area (Å²) < 4.78 is 0. The molecule has 0 bridgehead atoms. The Bertz CT molecular complexity index is 680. The molecule has 2 aromatic rings. The predicted molar refractivity (Wildman–Crippen MR) is 89.4 cm³/mol. The van der Waals surface area contributed by atoms with Gasteiger partial charge in [-0.25, -0.2) is 4.79 Å². The van der Waals surface area contributed by atoms with Crippen LogP contribution in [0.3, 0.4) is 0 Å². The number of pyridine rings is 1. The number of carboxylic acids is 1. The van der Waals surface area contributed by atoms with Crippen LogP contribution < -0.4 is 5.32 Å². The second kappa shape index (κ2) is 8.27. The molecule has 0 fully saturated rings. The number of aromatic nitrogens is 1. The molecular weight excluding hydrogens is 292 g/mol. The van der Waals surface area contributed by atoms with E-state index in [0.717, 1.165) is 36.6 Å². The van der Waals surface area contributed by atoms with Gasteiger partial charge in [-0.3, -0.25) is 9.78 Å². The van der Waals surface area contributed by atoms with Crippen LogP contribution in [0.1, 0.15) is 49.4 Å². The first-order valence-corrected chi connectivity index (χ1v) is 8.01. The molecule has 5 heteroatoms. The van der Waals surface area contributed by atoms with Gasteiger partial charge in [-0.15, -0.1) is 0 Å². The summed E-state index contributed by atoms with van der Waals surface area (Å²) in [7, 11) is 0. The Morgan fingerprint density at radius 1 is 1.17 bits per heavy atom. The van der Waals surface area contributed by atoms with E-state index in [0.29, 0.717) is 12.0 Å². The van der Waals surface area contributed by atoms with Crippen molar-refractivity contribution in [2.75, 3.05) is 0 Å². The summed E-state index contributed by atoms with van der Waals surface area (Å²) in [6.07, 6.45) is 5.96. The third kappa shape index (κ3) is 4.52. The van der Waals surface area contributed by atoms with Crippen molar-refractivity contribution in [1.29, 1.82) is 0 Å². The molecule has 1 amide bonds. The molecule has 1 aromatic heterocycles. The van der Waals surface area contributed by atoms with Crippen molar-refractivity contribution >= 4 is 22.8 Å². The molecule has 1 atom stereocenters. The number of carbonyl (C=O) groups excluding carboxylic acids is 1. The monoisotopic (exact) mass is 314 g/mol. The van der Waals surface area contributed by atoms with Gasteiger partial charge in [-0.2, -0.15) is 0 Å². The maximum Gasteiger partial charge on any atom is 0.326 e. The Hall–Kier alpha value is -2.43. The minimum Gasteiger partial charge on any atom is -0.480 e. The van der Waals surface area contributed by atoms with Gasteiger partial charge >= 0.3 is 5.97 Å². The Morgan fingerprint density at radius 3 is 2.70 bits per heavy atom. The number of nitrogens with zero attached hydrogens (tertiary/aromatic N) is 1. The lowest BCUT2D eigenvalue weighted by Gasteiger charge is -2.15. The molecule has 0 radical (unpaired) electrons. The van der Waals surface area contributed by atoms with Crippen LogP contribution in [0.2, 0.25) is 0 Å². The lowest BCUT2D eigenvalue weighted by atomic mass is 10.1. The molecule has 23 heavy (non-hydrogen) atoms. The van der Waals surface area contributed by atoms with Crippen molar-refractivity contribution in [3.05, 3.63) is 42.1 Å². The highest BCUT2D eigenvalue weighted by Crippen LogP contribution is 2.16. The lowest BCUT2D eigenvalue weighted by Crippen LogP contribution is -2.40. The van der Waals surface area contributed by atoms with E-state index in [1.807, 2.05) is 24.3 Å². The molecule has 0 spiro atoms. The molecule has 0 aliphatic rings. The Balaban J connectivity index is 2.10. The van der Waals surface area contributed by atoms with E-state index < -0.39 is 12.0 Å². The molecule has 122 valence electrons. The number of hydrogen-bond acceptors (Lipinski definition) is 3. The van der Waals surface area contributed by atoms with Crippen molar-refractivity contribution < 1.29 is 14.7 Å². The fraction of sp³-hybridized carbons (Fsp3) is 0.389. The van der Waals surface area contributed by atoms with Crippen molar-refractivity contribution in [2.24, 2.45) is 0 Å². The second-order valence-electron chi connectivity index (χ2n) is 5.59. The molecule has 2 rings (SSSR count). The number of nitrogens with one attached hydrogen (secondary N) is 1. The quantitative estimate of drug-likeness (QED) is 0.732. The fourth-order valence-corrected chi connectivity index (χ4v) is 2.56. The van der Waals surface area contributed by atoms with E-state index in [1.165, 1.54) is 0 Å². The summed E-state index contributed by atoms with van der Waals surface area (Å²) in [5.74, 6) is -1.36. The first-order valence-electron chi connectivity index (χ1n) is 8.01. The summed E-state index contributed by atoms with van der Waals surface area (Å²) >= 11 is 0. The van der Waals surface area contributed by atoms with Crippen molar-refractivity contribution in [3.8, 4) is 0 Å². The Morgan fingerprint density at radius 2 is 1.96 bits per heavy atom. The number of rotatable bonds is 8. The smallest absolute Gasteiger partial charge is 0.326 e. The van der Waals surface area contributed by atoms with E-state index in [-0.39, 0.29) is 5.91 Å². The van der Waals surface area contributed by atoms with E-state index in [2.05, 4.69) is 17.2 Å². The molecule has 1 aromatic carbocycles. The van der Waals surface area contributed by atoms with E-state index in [9.17, 15) is 14.7 Å². The molecule has 0 aliphatic heterocycles. The summed E-state index contributed by atoms with van der Waals surface area (Å²) in [5.41, 5.74) is 1.17. The number of hydrogen-bond donors (Lipinski definition) is 2. The normalized spacial score (nSPS) is 12.0. The number of carbonyl (C=O) groups is 2. The fourth-order valence-electron chi connectivity index (χ4n) is 2.56. The summed E-state index contributed by atoms with van der Waals surface area (Å²) in [4.78, 5) is 28.0. The zero-order valence-corrected chi connectivity index (χ0v) is 13.3. The van der Waals surface area contributed by atoms with Crippen LogP contribution in [0.5, 0.6) is 0 Å². The van der Waals surface area contributed by atoms with Gasteiger partial charge in [-0.05, 0) is 18.6 Å². The van der Waals surface area contributed by atoms with Crippen molar-refractivity contribution in [3.63, 3.8) is 0 Å². The third-order valence-electron chi connectivity index (χ3n) is 3.84. The summed E-state index contributed by atoms with van der Waals surface area (Å²) in [6.45, 7) is 2.10. The van der Waals surface area contributed by atoms with Crippen LogP contribution in [0.4, 0.5) is 0 Å².